The lowest BCUT2D eigenvalue weighted by Crippen LogP contribution is -2.43. The summed E-state index contributed by atoms with van der Waals surface area (Å²) in [6.45, 7) is 3.28. The standard InChI is InChI=1S/C15H17F3N2O.C12H10F3NO2/c16-15(17,18)14(21)20-7-4-12-8-11(2-3-13(12)10-20)9-19-5-1-6-19;13-12(14,15)11(18)16-4-3-9-5-8(7-17)1-2-10(9)6-16/h2-3,8H,1,4-7,9-10H2;1-2,5,7H,3-4,6H2. The Balaban J connectivity index is 0.000000183. The number of carbonyl (C=O) groups excluding carboxylic acids is 3. The van der Waals surface area contributed by atoms with Gasteiger partial charge in [0.15, 0.2) is 0 Å². The summed E-state index contributed by atoms with van der Waals surface area (Å²) in [5.74, 6) is -3.55. The summed E-state index contributed by atoms with van der Waals surface area (Å²) in [4.78, 5) is 37.0. The first kappa shape index (κ1) is 28.6. The molecule has 0 radical (unpaired) electrons. The predicted molar refractivity (Wildman–Crippen MR) is 129 cm³/mol. The van der Waals surface area contributed by atoms with Crippen molar-refractivity contribution < 1.29 is 40.7 Å². The molecule has 12 heteroatoms. The molecule has 0 aliphatic carbocycles. The van der Waals surface area contributed by atoms with E-state index in [4.69, 9.17) is 0 Å². The number of hydrogen-bond donors (Lipinski definition) is 0. The molecule has 2 amide bonds. The minimum Gasteiger partial charge on any atom is -0.330 e. The molecule has 0 aromatic heterocycles. The van der Waals surface area contributed by atoms with Crippen LogP contribution >= 0.6 is 0 Å². The third-order valence-corrected chi connectivity index (χ3v) is 7.08. The first-order chi connectivity index (χ1) is 18.3. The molecule has 1 saturated heterocycles. The van der Waals surface area contributed by atoms with E-state index in [9.17, 15) is 40.7 Å². The Bertz CT molecular complexity index is 1240. The fraction of sp³-hybridized carbons (Fsp3) is 0.444. The lowest BCUT2D eigenvalue weighted by Gasteiger charge is -2.32. The van der Waals surface area contributed by atoms with E-state index in [2.05, 4.69) is 11.0 Å². The first-order valence-corrected chi connectivity index (χ1v) is 12.5. The third kappa shape index (κ3) is 6.97. The van der Waals surface area contributed by atoms with Crippen LogP contribution < -0.4 is 0 Å². The van der Waals surface area contributed by atoms with Gasteiger partial charge in [0.2, 0.25) is 0 Å². The first-order valence-electron chi connectivity index (χ1n) is 12.5. The van der Waals surface area contributed by atoms with Crippen LogP contribution in [0.3, 0.4) is 0 Å². The molecule has 0 unspecified atom stereocenters. The molecular formula is C27H27F6N3O3. The highest BCUT2D eigenvalue weighted by molar-refractivity contribution is 5.82. The molecule has 0 N–H and O–H groups in total. The molecule has 3 aliphatic heterocycles. The number of likely N-dealkylation sites (tertiary alicyclic amines) is 1. The van der Waals surface area contributed by atoms with Gasteiger partial charge in [-0.3, -0.25) is 19.3 Å². The van der Waals surface area contributed by atoms with Gasteiger partial charge in [-0.25, -0.2) is 0 Å². The van der Waals surface area contributed by atoms with E-state index in [-0.39, 0.29) is 26.2 Å². The Morgan fingerprint density at radius 2 is 1.23 bits per heavy atom. The van der Waals surface area contributed by atoms with Gasteiger partial charge in [0, 0.05) is 38.3 Å². The summed E-state index contributed by atoms with van der Waals surface area (Å²) < 4.78 is 74.3. The van der Waals surface area contributed by atoms with Crippen LogP contribution in [-0.2, 0) is 42.1 Å². The normalized spacial score (nSPS) is 17.3. The summed E-state index contributed by atoms with van der Waals surface area (Å²) in [5, 5.41) is 0. The van der Waals surface area contributed by atoms with Crippen molar-refractivity contribution in [3.05, 3.63) is 69.8 Å². The Kier molecular flexibility index (Phi) is 8.34. The SMILES string of the molecule is O=C(N1CCc2cc(CN3CCC3)ccc2C1)C(F)(F)F.O=Cc1ccc2c(c1)CCN(C(=O)C(F)(F)F)C2. The van der Waals surface area contributed by atoms with Crippen molar-refractivity contribution in [2.75, 3.05) is 26.2 Å². The smallest absolute Gasteiger partial charge is 0.330 e. The van der Waals surface area contributed by atoms with Crippen molar-refractivity contribution in [1.29, 1.82) is 0 Å². The maximum Gasteiger partial charge on any atom is 0.471 e. The second-order valence-corrected chi connectivity index (χ2v) is 9.83. The average Bonchev–Trinajstić information content (AvgIpc) is 2.88. The van der Waals surface area contributed by atoms with Crippen molar-refractivity contribution >= 4 is 18.1 Å². The Hall–Kier alpha value is -3.41. The average molecular weight is 556 g/mol. The Labute approximate surface area is 221 Å². The van der Waals surface area contributed by atoms with Crippen LogP contribution in [0, 0.1) is 0 Å². The van der Waals surface area contributed by atoms with Gasteiger partial charge in [0.1, 0.15) is 6.29 Å². The van der Waals surface area contributed by atoms with Crippen molar-refractivity contribution in [1.82, 2.24) is 14.7 Å². The second-order valence-electron chi connectivity index (χ2n) is 9.83. The van der Waals surface area contributed by atoms with E-state index in [1.54, 1.807) is 12.1 Å². The van der Waals surface area contributed by atoms with Crippen molar-refractivity contribution in [3.63, 3.8) is 0 Å². The van der Waals surface area contributed by atoms with Crippen LogP contribution in [-0.4, -0.2) is 71.3 Å². The molecule has 5 rings (SSSR count). The fourth-order valence-electron chi connectivity index (χ4n) is 4.85. The minimum atomic E-state index is -4.83. The zero-order valence-electron chi connectivity index (χ0n) is 20.9. The largest absolute Gasteiger partial charge is 0.471 e. The molecule has 0 spiro atoms. The van der Waals surface area contributed by atoms with Crippen LogP contribution in [0.25, 0.3) is 0 Å². The quantitative estimate of drug-likeness (QED) is 0.419. The second kappa shape index (κ2) is 11.4. The maximum absolute atomic E-state index is 12.5. The summed E-state index contributed by atoms with van der Waals surface area (Å²) in [6, 6.07) is 10.7. The minimum absolute atomic E-state index is 0.0215. The molecule has 0 saturated carbocycles. The lowest BCUT2D eigenvalue weighted by molar-refractivity contribution is -0.186. The van der Waals surface area contributed by atoms with Gasteiger partial charge in [-0.05, 0) is 66.2 Å². The fourth-order valence-corrected chi connectivity index (χ4v) is 4.85. The highest BCUT2D eigenvalue weighted by atomic mass is 19.4. The highest BCUT2D eigenvalue weighted by Gasteiger charge is 2.44. The molecule has 0 atom stereocenters. The number of halogens is 6. The lowest BCUT2D eigenvalue weighted by atomic mass is 9.96. The Morgan fingerprint density at radius 3 is 1.69 bits per heavy atom. The molecule has 210 valence electrons. The summed E-state index contributed by atoms with van der Waals surface area (Å²) in [5.41, 5.74) is 5.06. The number of amides is 2. The van der Waals surface area contributed by atoms with E-state index < -0.39 is 24.2 Å². The number of carbonyl (C=O) groups is 3. The van der Waals surface area contributed by atoms with Crippen molar-refractivity contribution in [2.24, 2.45) is 0 Å². The van der Waals surface area contributed by atoms with Crippen LogP contribution in [0.15, 0.2) is 36.4 Å². The molecule has 6 nitrogen and oxygen atoms in total. The summed E-state index contributed by atoms with van der Waals surface area (Å²) >= 11 is 0. The van der Waals surface area contributed by atoms with E-state index in [1.807, 2.05) is 12.1 Å². The molecule has 3 heterocycles. The molecule has 39 heavy (non-hydrogen) atoms. The van der Waals surface area contributed by atoms with E-state index in [0.717, 1.165) is 46.1 Å². The number of aldehydes is 1. The van der Waals surface area contributed by atoms with Crippen LogP contribution in [0.5, 0.6) is 0 Å². The third-order valence-electron chi connectivity index (χ3n) is 7.08. The number of rotatable bonds is 3. The van der Waals surface area contributed by atoms with Gasteiger partial charge in [-0.15, -0.1) is 0 Å². The molecular weight excluding hydrogens is 528 g/mol. The zero-order valence-corrected chi connectivity index (χ0v) is 20.9. The highest BCUT2D eigenvalue weighted by Crippen LogP contribution is 2.27. The number of fused-ring (bicyclic) bond motifs is 2. The van der Waals surface area contributed by atoms with Crippen molar-refractivity contribution in [2.45, 2.75) is 51.2 Å². The van der Waals surface area contributed by atoms with Gasteiger partial charge in [-0.1, -0.05) is 30.3 Å². The van der Waals surface area contributed by atoms with Gasteiger partial charge in [0.05, 0.1) is 0 Å². The zero-order chi connectivity index (χ0) is 28.4. The van der Waals surface area contributed by atoms with Gasteiger partial charge >= 0.3 is 24.2 Å². The number of benzene rings is 2. The molecule has 2 aromatic carbocycles. The van der Waals surface area contributed by atoms with Gasteiger partial charge < -0.3 is 9.80 Å². The number of nitrogens with zero attached hydrogens (tertiary/aromatic N) is 3. The number of hydrogen-bond acceptors (Lipinski definition) is 4. The number of alkyl halides is 6. The van der Waals surface area contributed by atoms with E-state index >= 15 is 0 Å². The maximum atomic E-state index is 12.5. The van der Waals surface area contributed by atoms with Crippen molar-refractivity contribution in [3.8, 4) is 0 Å². The van der Waals surface area contributed by atoms with Crippen LogP contribution in [0.4, 0.5) is 26.3 Å². The monoisotopic (exact) mass is 555 g/mol. The molecule has 1 fully saturated rings. The topological polar surface area (TPSA) is 60.9 Å². The Morgan fingerprint density at radius 1 is 0.718 bits per heavy atom. The molecule has 3 aliphatic rings. The van der Waals surface area contributed by atoms with E-state index in [0.29, 0.717) is 30.3 Å². The van der Waals surface area contributed by atoms with Crippen LogP contribution in [0.1, 0.15) is 44.6 Å². The van der Waals surface area contributed by atoms with E-state index in [1.165, 1.54) is 18.1 Å². The summed E-state index contributed by atoms with van der Waals surface area (Å²) in [7, 11) is 0. The molecule has 0 bridgehead atoms. The molecule has 2 aromatic rings. The van der Waals surface area contributed by atoms with Gasteiger partial charge in [0.25, 0.3) is 0 Å². The van der Waals surface area contributed by atoms with Crippen LogP contribution in [0.2, 0.25) is 0 Å². The van der Waals surface area contributed by atoms with Gasteiger partial charge in [-0.2, -0.15) is 26.3 Å². The predicted octanol–water partition coefficient (Wildman–Crippen LogP) is 4.29. The summed E-state index contributed by atoms with van der Waals surface area (Å²) in [6.07, 6.45) is -6.87.